The Hall–Kier alpha value is -3.23. The first kappa shape index (κ1) is 21.6. The predicted octanol–water partition coefficient (Wildman–Crippen LogP) is 1.49. The predicted molar refractivity (Wildman–Crippen MR) is 121 cm³/mol. The van der Waals surface area contributed by atoms with E-state index in [0.717, 1.165) is 5.56 Å². The smallest absolute Gasteiger partial charge is 0.250 e. The molecule has 4 N–H and O–H groups in total. The quantitative estimate of drug-likeness (QED) is 0.576. The van der Waals surface area contributed by atoms with Crippen LogP contribution in [0.25, 0.3) is 0 Å². The second kappa shape index (κ2) is 7.67. The highest BCUT2D eigenvalue weighted by molar-refractivity contribution is 6.32. The van der Waals surface area contributed by atoms with E-state index < -0.39 is 41.1 Å². The molecule has 9 heteroatoms. The number of nitrogens with zero attached hydrogens (tertiary/aromatic N) is 1. The monoisotopic (exact) mass is 466 g/mol. The topological polar surface area (TPSA) is 122 Å². The summed E-state index contributed by atoms with van der Waals surface area (Å²) < 4.78 is 0. The highest BCUT2D eigenvalue weighted by atomic mass is 35.5. The van der Waals surface area contributed by atoms with E-state index in [9.17, 15) is 19.2 Å². The molecule has 2 aromatic carbocycles. The molecule has 0 aliphatic carbocycles. The van der Waals surface area contributed by atoms with E-state index in [4.69, 9.17) is 17.3 Å². The number of amides is 4. The van der Waals surface area contributed by atoms with Crippen molar-refractivity contribution in [2.24, 2.45) is 17.6 Å². The molecule has 8 nitrogen and oxygen atoms in total. The molecule has 0 saturated carbocycles. The molecule has 2 fully saturated rings. The van der Waals surface area contributed by atoms with E-state index in [-0.39, 0.29) is 18.9 Å². The van der Waals surface area contributed by atoms with Crippen molar-refractivity contribution in [1.82, 2.24) is 10.2 Å². The molecule has 4 amide bonds. The Morgan fingerprint density at radius 1 is 1.12 bits per heavy atom. The molecule has 3 aliphatic rings. The van der Waals surface area contributed by atoms with Crippen LogP contribution in [0, 0.1) is 18.8 Å². The zero-order valence-corrected chi connectivity index (χ0v) is 18.7. The number of likely N-dealkylation sites (tertiary alicyclic amines) is 1. The van der Waals surface area contributed by atoms with Gasteiger partial charge in [0.15, 0.2) is 0 Å². The number of primary amides is 1. The molecule has 0 aromatic heterocycles. The molecular weight excluding hydrogens is 444 g/mol. The van der Waals surface area contributed by atoms with Crippen LogP contribution in [0.4, 0.5) is 5.69 Å². The normalized spacial score (nSPS) is 27.8. The molecule has 33 heavy (non-hydrogen) atoms. The fraction of sp³-hybridized carbons (Fsp3) is 0.333. The number of hydrogen-bond acceptors (Lipinski definition) is 5. The van der Waals surface area contributed by atoms with Crippen molar-refractivity contribution >= 4 is 40.9 Å². The third kappa shape index (κ3) is 3.08. The molecule has 5 rings (SSSR count). The number of hydrogen-bond donors (Lipinski definition) is 3. The minimum atomic E-state index is -1.47. The van der Waals surface area contributed by atoms with Crippen molar-refractivity contribution < 1.29 is 19.2 Å². The van der Waals surface area contributed by atoms with Crippen molar-refractivity contribution in [1.29, 1.82) is 0 Å². The average molecular weight is 467 g/mol. The van der Waals surface area contributed by atoms with Gasteiger partial charge in [-0.15, -0.1) is 0 Å². The van der Waals surface area contributed by atoms with E-state index >= 15 is 0 Å². The van der Waals surface area contributed by atoms with Gasteiger partial charge in [0.1, 0.15) is 5.54 Å². The number of nitrogens with one attached hydrogen (secondary N) is 2. The molecule has 4 atom stereocenters. The molecule has 170 valence electrons. The van der Waals surface area contributed by atoms with Crippen LogP contribution in [-0.4, -0.2) is 41.1 Å². The SMILES string of the molecule is Cc1c(Cl)ccc2c1NC(=O)[C@@]21N[C@@H](CC(N)=O)[C@H]2C(=O)N(CCc3ccccc3)C(=O)[C@H]21. The Labute approximate surface area is 195 Å². The number of halogens is 1. The maximum Gasteiger partial charge on any atom is 0.250 e. The summed E-state index contributed by atoms with van der Waals surface area (Å²) >= 11 is 6.26. The lowest BCUT2D eigenvalue weighted by molar-refractivity contribution is -0.142. The van der Waals surface area contributed by atoms with Crippen LogP contribution < -0.4 is 16.4 Å². The number of carbonyl (C=O) groups excluding carboxylic acids is 4. The number of fused-ring (bicyclic) bond motifs is 4. The van der Waals surface area contributed by atoms with Crippen LogP contribution in [0.5, 0.6) is 0 Å². The summed E-state index contributed by atoms with van der Waals surface area (Å²) in [5, 5.41) is 6.51. The third-order valence-corrected chi connectivity index (χ3v) is 7.47. The maximum atomic E-state index is 13.7. The highest BCUT2D eigenvalue weighted by Gasteiger charge is 2.70. The van der Waals surface area contributed by atoms with E-state index in [1.54, 1.807) is 19.1 Å². The first-order valence-electron chi connectivity index (χ1n) is 10.8. The molecule has 3 aliphatic heterocycles. The molecule has 2 aromatic rings. The van der Waals surface area contributed by atoms with Crippen LogP contribution in [0.3, 0.4) is 0 Å². The summed E-state index contributed by atoms with van der Waals surface area (Å²) in [6, 6.07) is 12.2. The van der Waals surface area contributed by atoms with E-state index in [1.165, 1.54) is 4.90 Å². The lowest BCUT2D eigenvalue weighted by atomic mass is 9.76. The Bertz CT molecular complexity index is 1200. The van der Waals surface area contributed by atoms with Crippen LogP contribution in [-0.2, 0) is 31.1 Å². The van der Waals surface area contributed by atoms with Crippen LogP contribution in [0.2, 0.25) is 5.02 Å². The summed E-state index contributed by atoms with van der Waals surface area (Å²) in [6.07, 6.45) is 0.333. The van der Waals surface area contributed by atoms with Gasteiger partial charge in [-0.1, -0.05) is 48.0 Å². The van der Waals surface area contributed by atoms with Crippen molar-refractivity contribution in [2.75, 3.05) is 11.9 Å². The second-order valence-electron chi connectivity index (χ2n) is 8.85. The standard InChI is InChI=1S/C24H23ClN4O4/c1-12-15(25)8-7-14-20(12)27-23(33)24(14)19-18(16(28-24)11-17(26)30)21(31)29(22(19)32)10-9-13-5-3-2-4-6-13/h2-8,16,18-19,28H,9-11H2,1H3,(H2,26,30)(H,27,33)/t16-,18+,19-,24+/m0/s1. The molecule has 1 spiro atoms. The number of nitrogens with two attached hydrogens (primary N) is 1. The van der Waals surface area contributed by atoms with Crippen molar-refractivity contribution in [3.63, 3.8) is 0 Å². The average Bonchev–Trinajstić information content (AvgIpc) is 3.35. The van der Waals surface area contributed by atoms with Gasteiger partial charge < -0.3 is 11.1 Å². The lowest BCUT2D eigenvalue weighted by Gasteiger charge is -2.29. The fourth-order valence-corrected chi connectivity index (χ4v) is 5.70. The van der Waals surface area contributed by atoms with Crippen LogP contribution >= 0.6 is 11.6 Å². The number of benzene rings is 2. The Kier molecular flexibility index (Phi) is 5.02. The molecule has 0 bridgehead atoms. The zero-order valence-electron chi connectivity index (χ0n) is 17.9. The largest absolute Gasteiger partial charge is 0.370 e. The molecular formula is C24H23ClN4O4. The van der Waals surface area contributed by atoms with Gasteiger partial charge in [0, 0.05) is 29.6 Å². The number of imide groups is 1. The maximum absolute atomic E-state index is 13.7. The van der Waals surface area contributed by atoms with Crippen LogP contribution in [0.1, 0.15) is 23.1 Å². The van der Waals surface area contributed by atoms with Gasteiger partial charge in [-0.3, -0.25) is 29.4 Å². The second-order valence-corrected chi connectivity index (χ2v) is 9.25. The van der Waals surface area contributed by atoms with Gasteiger partial charge in [0.25, 0.3) is 0 Å². The summed E-state index contributed by atoms with van der Waals surface area (Å²) in [6.45, 7) is 1.98. The Balaban J connectivity index is 1.56. The highest BCUT2D eigenvalue weighted by Crippen LogP contribution is 2.54. The third-order valence-electron chi connectivity index (χ3n) is 7.06. The number of rotatable bonds is 5. The summed E-state index contributed by atoms with van der Waals surface area (Å²) in [7, 11) is 0. The fourth-order valence-electron chi connectivity index (χ4n) is 5.55. The zero-order chi connectivity index (χ0) is 23.5. The van der Waals surface area contributed by atoms with E-state index in [1.807, 2.05) is 30.3 Å². The minimum Gasteiger partial charge on any atom is -0.370 e. The van der Waals surface area contributed by atoms with Gasteiger partial charge in [-0.05, 0) is 30.5 Å². The van der Waals surface area contributed by atoms with Crippen molar-refractivity contribution in [2.45, 2.75) is 31.3 Å². The lowest BCUT2D eigenvalue weighted by Crippen LogP contribution is -2.53. The van der Waals surface area contributed by atoms with E-state index in [0.29, 0.717) is 28.3 Å². The van der Waals surface area contributed by atoms with Gasteiger partial charge in [-0.25, -0.2) is 0 Å². The minimum absolute atomic E-state index is 0.163. The Morgan fingerprint density at radius 3 is 2.55 bits per heavy atom. The van der Waals surface area contributed by atoms with Crippen molar-refractivity contribution in [3.8, 4) is 0 Å². The molecule has 0 radical (unpaired) electrons. The van der Waals surface area contributed by atoms with E-state index in [2.05, 4.69) is 10.6 Å². The van der Waals surface area contributed by atoms with Crippen LogP contribution in [0.15, 0.2) is 42.5 Å². The Morgan fingerprint density at radius 2 is 1.85 bits per heavy atom. The summed E-state index contributed by atoms with van der Waals surface area (Å²) in [5.74, 6) is -3.70. The summed E-state index contributed by atoms with van der Waals surface area (Å²) in [5.41, 5.74) is 6.74. The van der Waals surface area contributed by atoms with Gasteiger partial charge in [0.05, 0.1) is 17.5 Å². The molecule has 0 unspecified atom stereocenters. The molecule has 3 heterocycles. The first-order valence-corrected chi connectivity index (χ1v) is 11.2. The number of anilines is 1. The van der Waals surface area contributed by atoms with Crippen molar-refractivity contribution in [3.05, 3.63) is 64.2 Å². The van der Waals surface area contributed by atoms with Gasteiger partial charge in [0.2, 0.25) is 23.6 Å². The molecule has 2 saturated heterocycles. The first-order chi connectivity index (χ1) is 15.8. The van der Waals surface area contributed by atoms with Gasteiger partial charge in [-0.2, -0.15) is 0 Å². The summed E-state index contributed by atoms with van der Waals surface area (Å²) in [4.78, 5) is 53.6. The number of carbonyl (C=O) groups is 4. The van der Waals surface area contributed by atoms with Gasteiger partial charge >= 0.3 is 0 Å².